The van der Waals surface area contributed by atoms with Crippen LogP contribution in [0.4, 0.5) is 13.2 Å². The van der Waals surface area contributed by atoms with Crippen LogP contribution in [0, 0.1) is 0 Å². The monoisotopic (exact) mass is 297 g/mol. The van der Waals surface area contributed by atoms with Crippen molar-refractivity contribution in [2.24, 2.45) is 0 Å². The zero-order chi connectivity index (χ0) is 15.5. The Balaban J connectivity index is 2.22. The summed E-state index contributed by atoms with van der Waals surface area (Å²) in [6, 6.07) is 6.17. The number of carboxylic acids is 1. The van der Waals surface area contributed by atoms with Crippen LogP contribution >= 0.6 is 0 Å². The van der Waals surface area contributed by atoms with E-state index in [4.69, 9.17) is 9.84 Å². The fourth-order valence-corrected chi connectivity index (χ4v) is 1.70. The number of nitrogens with zero attached hydrogens (tertiary/aromatic N) is 1. The number of halogens is 3. The molecule has 1 N–H and O–H groups in total. The number of carbonyl (C=O) groups is 1. The molecule has 1 aromatic carbocycles. The summed E-state index contributed by atoms with van der Waals surface area (Å²) in [7, 11) is 0. The first-order valence-corrected chi connectivity index (χ1v) is 5.84. The van der Waals surface area contributed by atoms with E-state index in [1.807, 2.05) is 0 Å². The van der Waals surface area contributed by atoms with E-state index in [2.05, 4.69) is 4.98 Å². The number of aromatic nitrogens is 1. The summed E-state index contributed by atoms with van der Waals surface area (Å²) in [5.41, 5.74) is -1.65. The smallest absolute Gasteiger partial charge is 0.417 e. The maximum absolute atomic E-state index is 12.7. The lowest BCUT2D eigenvalue weighted by atomic mass is 10.0. The molecule has 0 unspecified atom stereocenters. The molecule has 2 aromatic rings. The Bertz CT molecular complexity index is 642. The van der Waals surface area contributed by atoms with Crippen LogP contribution in [0.1, 0.15) is 21.5 Å². The Morgan fingerprint density at radius 3 is 2.62 bits per heavy atom. The van der Waals surface area contributed by atoms with Gasteiger partial charge in [0, 0.05) is 6.20 Å². The van der Waals surface area contributed by atoms with Crippen molar-refractivity contribution in [1.29, 1.82) is 0 Å². The number of carboxylic acid groups (broad SMARTS) is 1. The van der Waals surface area contributed by atoms with Crippen molar-refractivity contribution in [2.45, 2.75) is 12.8 Å². The van der Waals surface area contributed by atoms with Crippen LogP contribution in [0.5, 0.6) is 5.75 Å². The summed E-state index contributed by atoms with van der Waals surface area (Å²) in [5, 5.41) is 8.89. The highest BCUT2D eigenvalue weighted by atomic mass is 19.4. The molecule has 110 valence electrons. The van der Waals surface area contributed by atoms with Crippen LogP contribution in [-0.4, -0.2) is 16.1 Å². The second-order valence-corrected chi connectivity index (χ2v) is 4.16. The number of ether oxygens (including phenoxy) is 1. The number of pyridine rings is 1. The Labute approximate surface area is 117 Å². The van der Waals surface area contributed by atoms with Gasteiger partial charge in [-0.15, -0.1) is 0 Å². The minimum absolute atomic E-state index is 0.0515. The SMILES string of the molecule is O=C(O)c1cc(COc2cccnc2)ccc1C(F)(F)F. The Kier molecular flexibility index (Phi) is 4.11. The predicted octanol–water partition coefficient (Wildman–Crippen LogP) is 3.38. The quantitative estimate of drug-likeness (QED) is 0.940. The molecule has 0 spiro atoms. The van der Waals surface area contributed by atoms with Crippen LogP contribution < -0.4 is 4.74 Å². The fourth-order valence-electron chi connectivity index (χ4n) is 1.70. The van der Waals surface area contributed by atoms with Crippen LogP contribution in [0.15, 0.2) is 42.7 Å². The molecule has 0 fully saturated rings. The van der Waals surface area contributed by atoms with Crippen LogP contribution in [0.2, 0.25) is 0 Å². The van der Waals surface area contributed by atoms with E-state index in [1.54, 1.807) is 18.3 Å². The lowest BCUT2D eigenvalue weighted by Gasteiger charge is -2.12. The zero-order valence-corrected chi connectivity index (χ0v) is 10.6. The first kappa shape index (κ1) is 14.8. The maximum Gasteiger partial charge on any atom is 0.417 e. The van der Waals surface area contributed by atoms with E-state index >= 15 is 0 Å². The summed E-state index contributed by atoms with van der Waals surface area (Å²) >= 11 is 0. The highest BCUT2D eigenvalue weighted by Crippen LogP contribution is 2.32. The van der Waals surface area contributed by atoms with Gasteiger partial charge in [0.25, 0.3) is 0 Å². The number of aromatic carboxylic acids is 1. The van der Waals surface area contributed by atoms with Crippen LogP contribution in [-0.2, 0) is 12.8 Å². The van der Waals surface area contributed by atoms with Gasteiger partial charge in [0.15, 0.2) is 0 Å². The van der Waals surface area contributed by atoms with E-state index in [-0.39, 0.29) is 6.61 Å². The maximum atomic E-state index is 12.7. The molecule has 7 heteroatoms. The van der Waals surface area contributed by atoms with Crippen molar-refractivity contribution in [2.75, 3.05) is 0 Å². The fraction of sp³-hybridized carbons (Fsp3) is 0.143. The average Bonchev–Trinajstić information content (AvgIpc) is 2.45. The number of rotatable bonds is 4. The molecule has 1 aromatic heterocycles. The molecular weight excluding hydrogens is 287 g/mol. The molecule has 0 saturated heterocycles. The van der Waals surface area contributed by atoms with Crippen molar-refractivity contribution in [3.63, 3.8) is 0 Å². The number of benzene rings is 1. The first-order valence-electron chi connectivity index (χ1n) is 5.84. The predicted molar refractivity (Wildman–Crippen MR) is 67.0 cm³/mol. The number of hydrogen-bond acceptors (Lipinski definition) is 3. The molecule has 0 saturated carbocycles. The second-order valence-electron chi connectivity index (χ2n) is 4.16. The van der Waals surface area contributed by atoms with Gasteiger partial charge in [-0.2, -0.15) is 13.2 Å². The number of alkyl halides is 3. The molecule has 0 atom stereocenters. The van der Waals surface area contributed by atoms with Crippen LogP contribution in [0.25, 0.3) is 0 Å². The van der Waals surface area contributed by atoms with E-state index in [0.29, 0.717) is 11.3 Å². The van der Waals surface area contributed by atoms with E-state index in [1.165, 1.54) is 12.3 Å². The van der Waals surface area contributed by atoms with Crippen molar-refractivity contribution in [1.82, 2.24) is 4.98 Å². The van der Waals surface area contributed by atoms with Gasteiger partial charge in [0.2, 0.25) is 0 Å². The molecule has 0 aliphatic heterocycles. The van der Waals surface area contributed by atoms with E-state index in [9.17, 15) is 18.0 Å². The van der Waals surface area contributed by atoms with E-state index < -0.39 is 23.3 Å². The highest BCUT2D eigenvalue weighted by Gasteiger charge is 2.35. The molecule has 0 amide bonds. The van der Waals surface area contributed by atoms with Gasteiger partial charge in [-0.3, -0.25) is 4.98 Å². The van der Waals surface area contributed by atoms with Crippen molar-refractivity contribution < 1.29 is 27.8 Å². The van der Waals surface area contributed by atoms with Gasteiger partial charge in [-0.25, -0.2) is 4.79 Å². The molecule has 1 heterocycles. The third kappa shape index (κ3) is 3.71. The standard InChI is InChI=1S/C14H10F3NO3/c15-14(16,17)12-4-3-9(6-11(12)13(19)20)8-21-10-2-1-5-18-7-10/h1-7H,8H2,(H,19,20). The number of hydrogen-bond donors (Lipinski definition) is 1. The van der Waals surface area contributed by atoms with Crippen molar-refractivity contribution in [3.8, 4) is 5.75 Å². The van der Waals surface area contributed by atoms with E-state index in [0.717, 1.165) is 12.1 Å². The van der Waals surface area contributed by atoms with Gasteiger partial charge < -0.3 is 9.84 Å². The van der Waals surface area contributed by atoms with Gasteiger partial charge >= 0.3 is 12.1 Å². The largest absolute Gasteiger partial charge is 0.487 e. The van der Waals surface area contributed by atoms with Gasteiger partial charge in [0.05, 0.1) is 17.3 Å². The van der Waals surface area contributed by atoms with Crippen LogP contribution in [0.3, 0.4) is 0 Å². The Morgan fingerprint density at radius 1 is 1.29 bits per heavy atom. The molecule has 0 aliphatic rings. The van der Waals surface area contributed by atoms with Gasteiger partial charge in [-0.05, 0) is 29.8 Å². The Morgan fingerprint density at radius 2 is 2.05 bits per heavy atom. The molecule has 2 rings (SSSR count). The minimum Gasteiger partial charge on any atom is -0.487 e. The third-order valence-corrected chi connectivity index (χ3v) is 2.66. The topological polar surface area (TPSA) is 59.4 Å². The summed E-state index contributed by atoms with van der Waals surface area (Å²) in [5.74, 6) is -1.19. The minimum atomic E-state index is -4.71. The molecular formula is C14H10F3NO3. The lowest BCUT2D eigenvalue weighted by molar-refractivity contribution is -0.138. The summed E-state index contributed by atoms with van der Waals surface area (Å²) < 4.78 is 43.4. The second kappa shape index (κ2) is 5.82. The van der Waals surface area contributed by atoms with Gasteiger partial charge in [-0.1, -0.05) is 6.07 Å². The molecule has 21 heavy (non-hydrogen) atoms. The summed E-state index contributed by atoms with van der Waals surface area (Å²) in [6.07, 6.45) is -1.72. The lowest BCUT2D eigenvalue weighted by Crippen LogP contribution is -2.13. The molecule has 0 aliphatic carbocycles. The van der Waals surface area contributed by atoms with Crippen molar-refractivity contribution >= 4 is 5.97 Å². The molecule has 0 radical (unpaired) electrons. The third-order valence-electron chi connectivity index (χ3n) is 2.66. The normalized spacial score (nSPS) is 11.2. The Hall–Kier alpha value is -2.57. The summed E-state index contributed by atoms with van der Waals surface area (Å²) in [6.45, 7) is -0.0515. The first-order chi connectivity index (χ1) is 9.88. The zero-order valence-electron chi connectivity index (χ0n) is 10.6. The van der Waals surface area contributed by atoms with Crippen molar-refractivity contribution in [3.05, 3.63) is 59.4 Å². The molecule has 0 bridgehead atoms. The van der Waals surface area contributed by atoms with Gasteiger partial charge in [0.1, 0.15) is 12.4 Å². The molecule has 4 nitrogen and oxygen atoms in total. The average molecular weight is 297 g/mol. The summed E-state index contributed by atoms with van der Waals surface area (Å²) in [4.78, 5) is 14.8. The highest BCUT2D eigenvalue weighted by molar-refractivity contribution is 5.89.